The van der Waals surface area contributed by atoms with E-state index in [2.05, 4.69) is 0 Å². The molecule has 0 unspecified atom stereocenters. The molecule has 0 saturated heterocycles. The number of rotatable bonds is 6. The highest BCUT2D eigenvalue weighted by Gasteiger charge is 2.15. The minimum absolute atomic E-state index is 0.0758. The first-order valence-electron chi connectivity index (χ1n) is 5.96. The second-order valence-electron chi connectivity index (χ2n) is 4.42. The summed E-state index contributed by atoms with van der Waals surface area (Å²) in [7, 11) is 0. The van der Waals surface area contributed by atoms with Gasteiger partial charge in [0, 0.05) is 17.8 Å². The Morgan fingerprint density at radius 3 is 2.53 bits per heavy atom. The molecule has 1 amide bonds. The van der Waals surface area contributed by atoms with Crippen LogP contribution in [0.1, 0.15) is 19.4 Å². The van der Waals surface area contributed by atoms with Gasteiger partial charge in [0.2, 0.25) is 5.91 Å². The van der Waals surface area contributed by atoms with Gasteiger partial charge < -0.3 is 15.7 Å². The van der Waals surface area contributed by atoms with Gasteiger partial charge in [-0.1, -0.05) is 18.2 Å². The predicted molar refractivity (Wildman–Crippen MR) is 74.8 cm³/mol. The maximum Gasteiger partial charge on any atom is 0.328 e. The molecule has 0 aliphatic rings. The van der Waals surface area contributed by atoms with Gasteiger partial charge in [0.15, 0.2) is 0 Å². The van der Waals surface area contributed by atoms with Crippen LogP contribution in [0, 0.1) is 0 Å². The van der Waals surface area contributed by atoms with E-state index in [9.17, 15) is 9.59 Å². The van der Waals surface area contributed by atoms with Crippen LogP contribution in [0.25, 0.3) is 6.08 Å². The molecule has 5 nitrogen and oxygen atoms in total. The number of anilines is 1. The van der Waals surface area contributed by atoms with Crippen molar-refractivity contribution >= 4 is 23.6 Å². The van der Waals surface area contributed by atoms with Gasteiger partial charge in [-0.15, -0.1) is 0 Å². The molecule has 0 spiro atoms. The molecule has 0 radical (unpaired) electrons. The fraction of sp³-hybridized carbons (Fsp3) is 0.286. The van der Waals surface area contributed by atoms with E-state index in [0.29, 0.717) is 0 Å². The molecule has 5 heteroatoms. The Morgan fingerprint density at radius 2 is 2.00 bits per heavy atom. The number of amides is 1. The van der Waals surface area contributed by atoms with E-state index in [0.717, 1.165) is 17.3 Å². The highest BCUT2D eigenvalue weighted by atomic mass is 16.4. The van der Waals surface area contributed by atoms with Crippen molar-refractivity contribution in [2.24, 2.45) is 5.73 Å². The first kappa shape index (κ1) is 14.8. The molecule has 0 saturated carbocycles. The largest absolute Gasteiger partial charge is 0.478 e. The SMILES string of the molecule is CC(C)N(CC(N)=O)c1ccccc1C=CC(=O)O. The van der Waals surface area contributed by atoms with Gasteiger partial charge in [0.25, 0.3) is 0 Å². The van der Waals surface area contributed by atoms with Crippen LogP contribution in [0.5, 0.6) is 0 Å². The highest BCUT2D eigenvalue weighted by molar-refractivity contribution is 5.87. The van der Waals surface area contributed by atoms with Gasteiger partial charge in [-0.3, -0.25) is 4.79 Å². The van der Waals surface area contributed by atoms with E-state index >= 15 is 0 Å². The summed E-state index contributed by atoms with van der Waals surface area (Å²) in [5, 5.41) is 8.68. The minimum Gasteiger partial charge on any atom is -0.478 e. The summed E-state index contributed by atoms with van der Waals surface area (Å²) >= 11 is 0. The second kappa shape index (κ2) is 6.58. The summed E-state index contributed by atoms with van der Waals surface area (Å²) in [5.74, 6) is -1.44. The zero-order valence-electron chi connectivity index (χ0n) is 11.0. The van der Waals surface area contributed by atoms with Crippen LogP contribution in [0.15, 0.2) is 30.3 Å². The number of aliphatic carboxylic acids is 1. The lowest BCUT2D eigenvalue weighted by Crippen LogP contribution is -2.38. The summed E-state index contributed by atoms with van der Waals surface area (Å²) in [6.45, 7) is 3.98. The standard InChI is InChI=1S/C14H18N2O3/c1-10(2)16(9-13(15)17)12-6-4-3-5-11(12)7-8-14(18)19/h3-8,10H,9H2,1-2H3,(H2,15,17)(H,18,19). The average Bonchev–Trinajstić information content (AvgIpc) is 2.33. The number of primary amides is 1. The Morgan fingerprint density at radius 1 is 1.37 bits per heavy atom. The fourth-order valence-corrected chi connectivity index (χ4v) is 1.76. The molecule has 102 valence electrons. The molecule has 1 aromatic carbocycles. The number of carbonyl (C=O) groups excluding carboxylic acids is 1. The highest BCUT2D eigenvalue weighted by Crippen LogP contribution is 2.23. The van der Waals surface area contributed by atoms with Gasteiger partial charge in [0.05, 0.1) is 6.54 Å². The van der Waals surface area contributed by atoms with Crippen LogP contribution in [-0.2, 0) is 9.59 Å². The number of benzene rings is 1. The van der Waals surface area contributed by atoms with E-state index in [4.69, 9.17) is 10.8 Å². The van der Waals surface area contributed by atoms with E-state index in [1.54, 1.807) is 6.07 Å². The summed E-state index contributed by atoms with van der Waals surface area (Å²) in [4.78, 5) is 23.6. The van der Waals surface area contributed by atoms with Crippen LogP contribution >= 0.6 is 0 Å². The van der Waals surface area contributed by atoms with Gasteiger partial charge >= 0.3 is 5.97 Å². The van der Waals surface area contributed by atoms with Crippen LogP contribution in [-0.4, -0.2) is 29.6 Å². The Labute approximate surface area is 112 Å². The van der Waals surface area contributed by atoms with Crippen molar-refractivity contribution in [3.05, 3.63) is 35.9 Å². The topological polar surface area (TPSA) is 83.6 Å². The predicted octanol–water partition coefficient (Wildman–Crippen LogP) is 1.48. The van der Waals surface area contributed by atoms with E-state index in [-0.39, 0.29) is 12.6 Å². The lowest BCUT2D eigenvalue weighted by atomic mass is 10.1. The van der Waals surface area contributed by atoms with Crippen molar-refractivity contribution in [3.63, 3.8) is 0 Å². The Kier molecular flexibility index (Phi) is 5.11. The van der Waals surface area contributed by atoms with Crippen molar-refractivity contribution in [1.29, 1.82) is 0 Å². The maximum absolute atomic E-state index is 11.1. The van der Waals surface area contributed by atoms with Crippen LogP contribution < -0.4 is 10.6 Å². The van der Waals surface area contributed by atoms with Gasteiger partial charge in [-0.25, -0.2) is 4.79 Å². The molecular weight excluding hydrogens is 244 g/mol. The zero-order valence-corrected chi connectivity index (χ0v) is 11.0. The van der Waals surface area contributed by atoms with Crippen molar-refractivity contribution in [3.8, 4) is 0 Å². The molecule has 0 aliphatic heterocycles. The number of para-hydroxylation sites is 1. The van der Waals surface area contributed by atoms with Crippen molar-refractivity contribution in [2.75, 3.05) is 11.4 Å². The quantitative estimate of drug-likeness (QED) is 0.761. The van der Waals surface area contributed by atoms with Crippen LogP contribution in [0.2, 0.25) is 0 Å². The van der Waals surface area contributed by atoms with E-state index in [1.807, 2.05) is 36.9 Å². The van der Waals surface area contributed by atoms with Gasteiger partial charge in [-0.2, -0.15) is 0 Å². The minimum atomic E-state index is -1.01. The van der Waals surface area contributed by atoms with E-state index < -0.39 is 11.9 Å². The van der Waals surface area contributed by atoms with Crippen LogP contribution in [0.3, 0.4) is 0 Å². The number of carboxylic acid groups (broad SMARTS) is 1. The fourth-order valence-electron chi connectivity index (χ4n) is 1.76. The molecule has 1 rings (SSSR count). The third-order valence-corrected chi connectivity index (χ3v) is 2.60. The first-order chi connectivity index (χ1) is 8.91. The number of carbonyl (C=O) groups is 2. The zero-order chi connectivity index (χ0) is 14.4. The summed E-state index contributed by atoms with van der Waals surface area (Å²) < 4.78 is 0. The van der Waals surface area contributed by atoms with Crippen molar-refractivity contribution in [1.82, 2.24) is 0 Å². The summed E-state index contributed by atoms with van der Waals surface area (Å²) in [5.41, 5.74) is 6.77. The third-order valence-electron chi connectivity index (χ3n) is 2.60. The lowest BCUT2D eigenvalue weighted by Gasteiger charge is -2.29. The number of nitrogens with two attached hydrogens (primary N) is 1. The number of nitrogens with zero attached hydrogens (tertiary/aromatic N) is 1. The molecule has 0 aliphatic carbocycles. The third kappa shape index (κ3) is 4.46. The van der Waals surface area contributed by atoms with Gasteiger partial charge in [0.1, 0.15) is 0 Å². The molecule has 0 heterocycles. The molecule has 3 N–H and O–H groups in total. The number of hydrogen-bond donors (Lipinski definition) is 2. The number of carboxylic acids is 1. The molecule has 0 fully saturated rings. The maximum atomic E-state index is 11.1. The second-order valence-corrected chi connectivity index (χ2v) is 4.42. The molecular formula is C14H18N2O3. The monoisotopic (exact) mass is 262 g/mol. The van der Waals surface area contributed by atoms with Gasteiger partial charge in [-0.05, 0) is 31.6 Å². The molecule has 1 aromatic rings. The lowest BCUT2D eigenvalue weighted by molar-refractivity contribution is -0.131. The summed E-state index contributed by atoms with van der Waals surface area (Å²) in [6, 6.07) is 7.36. The smallest absolute Gasteiger partial charge is 0.328 e. The Hall–Kier alpha value is -2.30. The number of hydrogen-bond acceptors (Lipinski definition) is 3. The van der Waals surface area contributed by atoms with E-state index in [1.165, 1.54) is 6.08 Å². The Balaban J connectivity index is 3.15. The molecule has 0 bridgehead atoms. The molecule has 19 heavy (non-hydrogen) atoms. The molecule has 0 atom stereocenters. The molecule has 0 aromatic heterocycles. The van der Waals surface area contributed by atoms with Crippen LogP contribution in [0.4, 0.5) is 5.69 Å². The first-order valence-corrected chi connectivity index (χ1v) is 5.96. The summed E-state index contributed by atoms with van der Waals surface area (Å²) in [6.07, 6.45) is 2.58. The van der Waals surface area contributed by atoms with Crippen molar-refractivity contribution in [2.45, 2.75) is 19.9 Å². The Bertz CT molecular complexity index is 495. The normalized spacial score (nSPS) is 10.9. The van der Waals surface area contributed by atoms with Crippen molar-refractivity contribution < 1.29 is 14.7 Å². The average molecular weight is 262 g/mol.